The number of nitrogens with zero attached hydrogens (tertiary/aromatic N) is 6. The van der Waals surface area contributed by atoms with E-state index in [0.29, 0.717) is 52.3 Å². The summed E-state index contributed by atoms with van der Waals surface area (Å²) >= 11 is 0. The van der Waals surface area contributed by atoms with Crippen LogP contribution in [0, 0.1) is 0 Å². The third kappa shape index (κ3) is 11.3. The Morgan fingerprint density at radius 2 is 1.43 bits per heavy atom. The molecule has 61 heavy (non-hydrogen) atoms. The van der Waals surface area contributed by atoms with Gasteiger partial charge in [0.05, 0.1) is 28.8 Å². The van der Waals surface area contributed by atoms with Crippen LogP contribution in [0.5, 0.6) is 0 Å². The van der Waals surface area contributed by atoms with E-state index in [0.717, 1.165) is 9.80 Å². The van der Waals surface area contributed by atoms with Crippen molar-refractivity contribution in [2.45, 2.75) is 123 Å². The first-order valence-corrected chi connectivity index (χ1v) is 19.3. The fraction of sp³-hybridized carbons (Fsp3) is 0.488. The van der Waals surface area contributed by atoms with Gasteiger partial charge in [0.1, 0.15) is 11.2 Å². The third-order valence-electron chi connectivity index (χ3n) is 9.66. The molecule has 2 N–H and O–H groups in total. The third-order valence-corrected chi connectivity index (χ3v) is 9.66. The minimum Gasteiger partial charge on any atom is -0.465 e. The number of hydrogen-bond donors (Lipinski definition) is 2. The van der Waals surface area contributed by atoms with E-state index in [4.69, 9.17) is 9.47 Å². The van der Waals surface area contributed by atoms with Crippen molar-refractivity contribution in [2.24, 2.45) is 7.05 Å². The second-order valence-corrected chi connectivity index (χ2v) is 16.7. The van der Waals surface area contributed by atoms with Crippen LogP contribution in [0.2, 0.25) is 0 Å². The average molecular weight is 864 g/mol. The first-order chi connectivity index (χ1) is 28.1. The number of ether oxygens (including phenoxy) is 2. The van der Waals surface area contributed by atoms with Crippen molar-refractivity contribution in [3.8, 4) is 11.3 Å². The second-order valence-electron chi connectivity index (χ2n) is 16.7. The highest BCUT2D eigenvalue weighted by molar-refractivity contribution is 5.93. The Hall–Kier alpha value is -5.95. The van der Waals surface area contributed by atoms with Crippen LogP contribution in [0.25, 0.3) is 22.2 Å². The van der Waals surface area contributed by atoms with Gasteiger partial charge >= 0.3 is 30.6 Å². The highest BCUT2D eigenvalue weighted by Gasteiger charge is 2.41. The number of halogens is 6. The SMILES string of the molecule is CCc1cc(-c2cc(NC(=O)Cc3cc(C(F)(F)F)ccc3C(F)(F)F)nn2C)cc2cnc(N(C(=O)O)[C@H]3CC[C@H](N(C(=O)OC(C)(C)C)C(=O)OC(C)(C)C)CC3)nc12. The second kappa shape index (κ2) is 17.2. The molecule has 4 amide bonds. The summed E-state index contributed by atoms with van der Waals surface area (Å²) in [4.78, 5) is 63.2. The van der Waals surface area contributed by atoms with E-state index in [-0.39, 0.29) is 37.4 Å². The summed E-state index contributed by atoms with van der Waals surface area (Å²) < 4.78 is 93.2. The lowest BCUT2D eigenvalue weighted by Crippen LogP contribution is -2.52. The predicted molar refractivity (Wildman–Crippen MR) is 211 cm³/mol. The van der Waals surface area contributed by atoms with Crippen molar-refractivity contribution in [1.82, 2.24) is 24.6 Å². The number of carbonyl (C=O) groups excluding carboxylic acids is 3. The van der Waals surface area contributed by atoms with Crippen molar-refractivity contribution in [2.75, 3.05) is 10.2 Å². The van der Waals surface area contributed by atoms with E-state index < -0.39 is 82.9 Å². The number of amides is 4. The van der Waals surface area contributed by atoms with Crippen molar-refractivity contribution in [3.63, 3.8) is 0 Å². The maximum atomic E-state index is 13.6. The van der Waals surface area contributed by atoms with Crippen LogP contribution in [-0.2, 0) is 46.5 Å². The summed E-state index contributed by atoms with van der Waals surface area (Å²) in [5.41, 5.74) is -3.18. The molecule has 330 valence electrons. The van der Waals surface area contributed by atoms with Crippen LogP contribution in [0.4, 0.5) is 52.5 Å². The molecule has 0 bridgehead atoms. The number of carbonyl (C=O) groups is 4. The Bertz CT molecular complexity index is 2280. The topological polar surface area (TPSA) is 169 Å². The lowest BCUT2D eigenvalue weighted by atomic mass is 9.89. The molecule has 0 unspecified atom stereocenters. The number of anilines is 2. The predicted octanol–water partition coefficient (Wildman–Crippen LogP) is 9.78. The number of fused-ring (bicyclic) bond motifs is 1. The van der Waals surface area contributed by atoms with Gasteiger partial charge < -0.3 is 19.9 Å². The fourth-order valence-corrected chi connectivity index (χ4v) is 7.07. The molecule has 1 aliphatic rings. The minimum absolute atomic E-state index is 0.0695. The number of hydrogen-bond acceptors (Lipinski definition) is 9. The zero-order valence-electron chi connectivity index (χ0n) is 34.8. The van der Waals surface area contributed by atoms with Crippen molar-refractivity contribution in [1.29, 1.82) is 0 Å². The first-order valence-electron chi connectivity index (χ1n) is 19.3. The van der Waals surface area contributed by atoms with Crippen LogP contribution in [0.15, 0.2) is 42.6 Å². The van der Waals surface area contributed by atoms with E-state index in [1.807, 2.05) is 6.92 Å². The Morgan fingerprint density at radius 1 is 0.836 bits per heavy atom. The lowest BCUT2D eigenvalue weighted by molar-refractivity contribution is -0.142. The van der Waals surface area contributed by atoms with Crippen LogP contribution < -0.4 is 10.2 Å². The van der Waals surface area contributed by atoms with Gasteiger partial charge in [0.2, 0.25) is 11.9 Å². The number of aryl methyl sites for hydroxylation is 2. The highest BCUT2D eigenvalue weighted by Crippen LogP contribution is 2.38. The van der Waals surface area contributed by atoms with Gasteiger partial charge in [0, 0.05) is 42.3 Å². The number of nitrogens with one attached hydrogen (secondary N) is 1. The summed E-state index contributed by atoms with van der Waals surface area (Å²) in [6.45, 7) is 11.9. The van der Waals surface area contributed by atoms with Crippen molar-refractivity contribution in [3.05, 3.63) is 64.8 Å². The lowest BCUT2D eigenvalue weighted by Gasteiger charge is -2.38. The molecule has 20 heteroatoms. The molecule has 0 spiro atoms. The minimum atomic E-state index is -5.00. The first kappa shape index (κ1) is 46.1. The van der Waals surface area contributed by atoms with Gasteiger partial charge in [-0.25, -0.2) is 34.2 Å². The van der Waals surface area contributed by atoms with Gasteiger partial charge in [0.15, 0.2) is 5.82 Å². The molecule has 0 saturated heterocycles. The summed E-state index contributed by atoms with van der Waals surface area (Å²) in [6.07, 6.45) is -11.1. The molecule has 2 heterocycles. The zero-order chi connectivity index (χ0) is 45.4. The Morgan fingerprint density at radius 3 is 1.95 bits per heavy atom. The molecule has 1 saturated carbocycles. The number of rotatable bonds is 8. The summed E-state index contributed by atoms with van der Waals surface area (Å²) in [7, 11) is 1.55. The maximum absolute atomic E-state index is 13.6. The Labute approximate surface area is 347 Å². The molecule has 0 aliphatic heterocycles. The smallest absolute Gasteiger partial charge is 0.420 e. The Balaban J connectivity index is 1.36. The largest absolute Gasteiger partial charge is 0.465 e. The number of imide groups is 1. The van der Waals surface area contributed by atoms with E-state index in [1.54, 1.807) is 60.7 Å². The van der Waals surface area contributed by atoms with Gasteiger partial charge in [-0.1, -0.05) is 6.92 Å². The molecule has 2 aromatic heterocycles. The summed E-state index contributed by atoms with van der Waals surface area (Å²) in [5.74, 6) is -1.18. The molecular weight excluding hydrogens is 816 g/mol. The molecule has 1 fully saturated rings. The Kier molecular flexibility index (Phi) is 13.0. The molecule has 14 nitrogen and oxygen atoms in total. The molecule has 0 radical (unpaired) electrons. The van der Waals surface area contributed by atoms with Gasteiger partial charge in [0.25, 0.3) is 0 Å². The number of benzene rings is 2. The van der Waals surface area contributed by atoms with E-state index >= 15 is 0 Å². The average Bonchev–Trinajstić information content (AvgIpc) is 3.48. The van der Waals surface area contributed by atoms with Crippen molar-refractivity contribution < 1.29 is 60.1 Å². The van der Waals surface area contributed by atoms with E-state index in [1.165, 1.54) is 16.9 Å². The molecule has 4 aromatic rings. The normalized spacial score (nSPS) is 16.2. The van der Waals surface area contributed by atoms with Gasteiger partial charge in [-0.15, -0.1) is 0 Å². The number of alkyl halides is 6. The summed E-state index contributed by atoms with van der Waals surface area (Å²) in [5, 5.41) is 17.5. The van der Waals surface area contributed by atoms with Crippen molar-refractivity contribution >= 4 is 46.9 Å². The molecule has 0 atom stereocenters. The molecule has 5 rings (SSSR count). The van der Waals surface area contributed by atoms with Gasteiger partial charge in [-0.3, -0.25) is 9.48 Å². The molecular formula is C41H47F6N7O7. The zero-order valence-corrected chi connectivity index (χ0v) is 34.8. The highest BCUT2D eigenvalue weighted by atomic mass is 19.4. The van der Waals surface area contributed by atoms with Crippen LogP contribution in [0.3, 0.4) is 0 Å². The van der Waals surface area contributed by atoms with Crippen LogP contribution in [-0.4, -0.2) is 77.2 Å². The maximum Gasteiger partial charge on any atom is 0.420 e. The standard InChI is InChI=1S/C41H47F6N7O7/c1-9-22-16-24(30-20-31(51-52(30)8)49-32(55)19-23-18-26(40(42,43)44)10-15-29(23)41(45,46)47)17-25-21-48-34(50-33(22)25)53(35(56)57)27-11-13-28(14-12-27)54(36(58)60-38(2,3)4)37(59)61-39(5,6)7/h10,15-18,20-21,27-28H,9,11-14,19H2,1-8H3,(H,56,57)(H,49,51,55)/t27-,28-. The van der Waals surface area contributed by atoms with E-state index in [9.17, 15) is 50.6 Å². The monoisotopic (exact) mass is 863 g/mol. The van der Waals surface area contributed by atoms with Crippen LogP contribution in [0.1, 0.15) is 96.4 Å². The molecule has 2 aromatic carbocycles. The fourth-order valence-electron chi connectivity index (χ4n) is 7.07. The summed E-state index contributed by atoms with van der Waals surface area (Å²) in [6, 6.07) is 4.60. The number of carboxylic acid groups (broad SMARTS) is 1. The van der Waals surface area contributed by atoms with Crippen LogP contribution >= 0.6 is 0 Å². The molecule has 1 aliphatic carbocycles. The number of aromatic nitrogens is 4. The van der Waals surface area contributed by atoms with E-state index in [2.05, 4.69) is 20.4 Å². The quantitative estimate of drug-likeness (QED) is 0.163. The van der Waals surface area contributed by atoms with Gasteiger partial charge in [-0.2, -0.15) is 31.4 Å². The van der Waals surface area contributed by atoms with Gasteiger partial charge in [-0.05, 0) is 115 Å².